The van der Waals surface area contributed by atoms with Crippen molar-refractivity contribution in [1.82, 2.24) is 24.6 Å². The van der Waals surface area contributed by atoms with Gasteiger partial charge in [0.2, 0.25) is 11.2 Å². The molecule has 1 saturated heterocycles. The second kappa shape index (κ2) is 6.34. The highest BCUT2D eigenvalue weighted by Crippen LogP contribution is 2.35. The molecule has 3 aromatic heterocycles. The zero-order chi connectivity index (χ0) is 18.3. The fourth-order valence-electron chi connectivity index (χ4n) is 3.30. The zero-order valence-corrected chi connectivity index (χ0v) is 15.6. The first kappa shape index (κ1) is 16.9. The van der Waals surface area contributed by atoms with E-state index in [1.54, 1.807) is 15.8 Å². The van der Waals surface area contributed by atoms with Crippen LogP contribution in [0, 0.1) is 11.3 Å². The van der Waals surface area contributed by atoms with Crippen molar-refractivity contribution in [3.05, 3.63) is 29.1 Å². The summed E-state index contributed by atoms with van der Waals surface area (Å²) in [6, 6.07) is 4.18. The molecule has 1 aliphatic rings. The van der Waals surface area contributed by atoms with Crippen LogP contribution in [0.2, 0.25) is 5.28 Å². The third-order valence-corrected chi connectivity index (χ3v) is 5.65. The fourth-order valence-corrected chi connectivity index (χ4v) is 4.29. The van der Waals surface area contributed by atoms with Crippen molar-refractivity contribution in [3.8, 4) is 17.3 Å². The minimum atomic E-state index is -0.484. The van der Waals surface area contributed by atoms with Crippen LogP contribution in [0.4, 0.5) is 0 Å². The van der Waals surface area contributed by atoms with Crippen molar-refractivity contribution in [2.24, 2.45) is 0 Å². The summed E-state index contributed by atoms with van der Waals surface area (Å²) in [5.74, 6) is 0.0912. The van der Waals surface area contributed by atoms with Crippen molar-refractivity contribution < 1.29 is 4.79 Å². The number of likely N-dealkylation sites (tertiary alicyclic amines) is 1. The molecule has 0 aliphatic carbocycles. The average Bonchev–Trinajstić information content (AvgIpc) is 3.25. The minimum absolute atomic E-state index is 0.0912. The Balaban J connectivity index is 1.70. The summed E-state index contributed by atoms with van der Waals surface area (Å²) in [7, 11) is 0. The van der Waals surface area contributed by atoms with Crippen molar-refractivity contribution in [3.63, 3.8) is 0 Å². The summed E-state index contributed by atoms with van der Waals surface area (Å²) in [6.07, 6.45) is 4.35. The number of fused-ring (bicyclic) bond motifs is 1. The normalized spacial score (nSPS) is 15.7. The lowest BCUT2D eigenvalue weighted by Crippen LogP contribution is -2.64. The predicted octanol–water partition coefficient (Wildman–Crippen LogP) is 3.07. The molecule has 4 heterocycles. The van der Waals surface area contributed by atoms with Crippen LogP contribution in [0.1, 0.15) is 19.8 Å². The van der Waals surface area contributed by atoms with E-state index < -0.39 is 5.54 Å². The quantitative estimate of drug-likeness (QED) is 0.643. The van der Waals surface area contributed by atoms with Gasteiger partial charge >= 0.3 is 0 Å². The van der Waals surface area contributed by atoms with Gasteiger partial charge in [-0.2, -0.15) is 10.4 Å². The lowest BCUT2D eigenvalue weighted by atomic mass is 9.86. The monoisotopic (exact) mass is 386 g/mol. The van der Waals surface area contributed by atoms with Crippen LogP contribution >= 0.6 is 22.9 Å². The van der Waals surface area contributed by atoms with Crippen LogP contribution in [0.15, 0.2) is 23.8 Å². The van der Waals surface area contributed by atoms with Crippen molar-refractivity contribution in [2.45, 2.75) is 25.3 Å². The van der Waals surface area contributed by atoms with Crippen molar-refractivity contribution in [1.29, 1.82) is 5.26 Å². The Bertz CT molecular complexity index is 1030. The van der Waals surface area contributed by atoms with E-state index in [1.165, 1.54) is 11.3 Å². The first-order valence-corrected chi connectivity index (χ1v) is 9.43. The summed E-state index contributed by atoms with van der Waals surface area (Å²) < 4.78 is 1.79. The third kappa shape index (κ3) is 2.64. The number of rotatable bonds is 4. The maximum absolute atomic E-state index is 11.9. The molecule has 0 atom stereocenters. The van der Waals surface area contributed by atoms with Gasteiger partial charge in [-0.1, -0.05) is 6.92 Å². The van der Waals surface area contributed by atoms with Gasteiger partial charge in [0.1, 0.15) is 10.4 Å². The zero-order valence-electron chi connectivity index (χ0n) is 14.0. The smallest absolute Gasteiger partial charge is 0.224 e. The molecule has 0 N–H and O–H groups in total. The number of nitriles is 1. The van der Waals surface area contributed by atoms with Crippen molar-refractivity contribution >= 4 is 39.1 Å². The van der Waals surface area contributed by atoms with E-state index in [0.717, 1.165) is 21.5 Å². The molecular weight excluding hydrogens is 372 g/mol. The topological polar surface area (TPSA) is 87.7 Å². The Labute approximate surface area is 158 Å². The predicted molar refractivity (Wildman–Crippen MR) is 98.7 cm³/mol. The number of hydrogen-bond donors (Lipinski definition) is 0. The van der Waals surface area contributed by atoms with Gasteiger partial charge in [0.25, 0.3) is 0 Å². The summed E-state index contributed by atoms with van der Waals surface area (Å²) in [4.78, 5) is 23.1. The molecule has 0 unspecified atom stereocenters. The van der Waals surface area contributed by atoms with Gasteiger partial charge in [-0.15, -0.1) is 11.3 Å². The van der Waals surface area contributed by atoms with Gasteiger partial charge in [-0.05, 0) is 23.0 Å². The molecule has 0 aromatic carbocycles. The molecule has 4 rings (SSSR count). The average molecular weight is 387 g/mol. The molecule has 1 amide bonds. The van der Waals surface area contributed by atoms with Crippen LogP contribution in [0.5, 0.6) is 0 Å². The highest BCUT2D eigenvalue weighted by atomic mass is 35.5. The number of aromatic nitrogens is 4. The van der Waals surface area contributed by atoms with E-state index in [0.29, 0.717) is 25.9 Å². The Morgan fingerprint density at radius 1 is 1.46 bits per heavy atom. The van der Waals surface area contributed by atoms with E-state index in [9.17, 15) is 10.1 Å². The third-order valence-electron chi connectivity index (χ3n) is 4.67. The number of amides is 1. The molecule has 0 radical (unpaired) electrons. The van der Waals surface area contributed by atoms with Crippen LogP contribution in [-0.4, -0.2) is 43.6 Å². The minimum Gasteiger partial charge on any atom is -0.338 e. The second-order valence-corrected chi connectivity index (χ2v) is 7.55. The van der Waals surface area contributed by atoms with Gasteiger partial charge in [0.05, 0.1) is 24.4 Å². The summed E-state index contributed by atoms with van der Waals surface area (Å²) in [6.45, 7) is 2.82. The highest BCUT2D eigenvalue weighted by Gasteiger charge is 2.47. The lowest BCUT2D eigenvalue weighted by Gasteiger charge is -2.49. The van der Waals surface area contributed by atoms with Gasteiger partial charge in [-0.25, -0.2) is 9.97 Å². The second-order valence-electron chi connectivity index (χ2n) is 6.32. The molecule has 7 nitrogen and oxygen atoms in total. The van der Waals surface area contributed by atoms with Crippen LogP contribution in [0.3, 0.4) is 0 Å². The SMILES string of the molecule is CCC(=O)N1CC(CC#N)(n2cc(-c3nc(Cl)nc4sccc34)cn2)C1. The number of hydrogen-bond acceptors (Lipinski definition) is 6. The van der Waals surface area contributed by atoms with Gasteiger partial charge in [-0.3, -0.25) is 9.48 Å². The van der Waals surface area contributed by atoms with E-state index >= 15 is 0 Å². The van der Waals surface area contributed by atoms with E-state index in [2.05, 4.69) is 21.1 Å². The summed E-state index contributed by atoms with van der Waals surface area (Å²) in [5, 5.41) is 16.8. The Morgan fingerprint density at radius 3 is 3.00 bits per heavy atom. The van der Waals surface area contributed by atoms with Gasteiger partial charge in [0.15, 0.2) is 0 Å². The summed E-state index contributed by atoms with van der Waals surface area (Å²) >= 11 is 7.56. The highest BCUT2D eigenvalue weighted by molar-refractivity contribution is 7.16. The van der Waals surface area contributed by atoms with Gasteiger partial charge in [0, 0.05) is 36.7 Å². The molecule has 9 heteroatoms. The van der Waals surface area contributed by atoms with Crippen LogP contribution < -0.4 is 0 Å². The molecule has 3 aromatic rings. The molecule has 1 fully saturated rings. The number of nitrogens with zero attached hydrogens (tertiary/aromatic N) is 6. The molecule has 132 valence electrons. The Hall–Kier alpha value is -2.50. The van der Waals surface area contributed by atoms with Crippen molar-refractivity contribution in [2.75, 3.05) is 13.1 Å². The van der Waals surface area contributed by atoms with Crippen LogP contribution in [0.25, 0.3) is 21.5 Å². The number of thiophene rings is 1. The molecule has 0 saturated carbocycles. The molecule has 0 bridgehead atoms. The molecule has 0 spiro atoms. The van der Waals surface area contributed by atoms with Crippen LogP contribution in [-0.2, 0) is 10.3 Å². The standard InChI is InChI=1S/C17H15ClN6OS/c1-2-13(25)23-9-17(10-23,4-5-19)24-8-11(7-20-24)14-12-3-6-26-15(12)22-16(18)21-14/h3,6-8H,2,4,9-10H2,1H3. The first-order valence-electron chi connectivity index (χ1n) is 8.17. The lowest BCUT2D eigenvalue weighted by molar-refractivity contribution is -0.142. The Morgan fingerprint density at radius 2 is 2.27 bits per heavy atom. The number of halogens is 1. The first-order chi connectivity index (χ1) is 12.6. The molecule has 1 aliphatic heterocycles. The molecule has 26 heavy (non-hydrogen) atoms. The Kier molecular flexibility index (Phi) is 4.13. The van der Waals surface area contributed by atoms with Gasteiger partial charge < -0.3 is 4.90 Å². The number of carbonyl (C=O) groups is 1. The number of carbonyl (C=O) groups excluding carboxylic acids is 1. The fraction of sp³-hybridized carbons (Fsp3) is 0.353. The van der Waals surface area contributed by atoms with E-state index in [1.807, 2.05) is 24.6 Å². The maximum atomic E-state index is 11.9. The van der Waals surface area contributed by atoms with E-state index in [-0.39, 0.29) is 11.2 Å². The maximum Gasteiger partial charge on any atom is 0.224 e. The van der Waals surface area contributed by atoms with E-state index in [4.69, 9.17) is 11.6 Å². The largest absolute Gasteiger partial charge is 0.338 e. The summed E-state index contributed by atoms with van der Waals surface area (Å²) in [5.41, 5.74) is 1.05. The molecular formula is C17H15ClN6OS.